The third kappa shape index (κ3) is 4.35. The minimum absolute atomic E-state index is 0.179. The highest BCUT2D eigenvalue weighted by Crippen LogP contribution is 2.20. The van der Waals surface area contributed by atoms with Crippen LogP contribution in [0.4, 0.5) is 10.5 Å². The maximum Gasteiger partial charge on any atom is 0.341 e. The summed E-state index contributed by atoms with van der Waals surface area (Å²) in [5, 5.41) is 11.3. The third-order valence-electron chi connectivity index (χ3n) is 3.35. The summed E-state index contributed by atoms with van der Waals surface area (Å²) in [6.45, 7) is 1.53. The van der Waals surface area contributed by atoms with Crippen molar-refractivity contribution in [2.24, 2.45) is 11.7 Å². The molecule has 114 valence electrons. The van der Waals surface area contributed by atoms with Crippen LogP contribution in [-0.2, 0) is 4.79 Å². The standard InChI is InChI=1S/C14H19N3O4/c15-7-10-4-5-17(8-10)14(20)16-11-2-1-3-12(6-11)21-9-13(18)19/h1-3,6,10H,4-5,7-9,15H2,(H,16,20)(H,18,19). The normalized spacial score (nSPS) is 17.6. The Kier molecular flexibility index (Phi) is 4.99. The molecule has 1 aliphatic heterocycles. The molecule has 0 bridgehead atoms. The number of nitrogens with zero attached hydrogens (tertiary/aromatic N) is 1. The van der Waals surface area contributed by atoms with Gasteiger partial charge in [0.1, 0.15) is 5.75 Å². The number of ether oxygens (including phenoxy) is 1. The van der Waals surface area contributed by atoms with Gasteiger partial charge >= 0.3 is 12.0 Å². The van der Waals surface area contributed by atoms with Crippen molar-refractivity contribution in [3.63, 3.8) is 0 Å². The number of urea groups is 1. The third-order valence-corrected chi connectivity index (χ3v) is 3.35. The van der Waals surface area contributed by atoms with Crippen molar-refractivity contribution in [1.82, 2.24) is 4.90 Å². The molecule has 0 aromatic heterocycles. The van der Waals surface area contributed by atoms with E-state index in [9.17, 15) is 9.59 Å². The second-order valence-corrected chi connectivity index (χ2v) is 4.98. The van der Waals surface area contributed by atoms with Crippen LogP contribution >= 0.6 is 0 Å². The fourth-order valence-corrected chi connectivity index (χ4v) is 2.22. The first-order valence-electron chi connectivity index (χ1n) is 6.79. The molecule has 7 nitrogen and oxygen atoms in total. The van der Waals surface area contributed by atoms with Crippen molar-refractivity contribution >= 4 is 17.7 Å². The fourth-order valence-electron chi connectivity index (χ4n) is 2.22. The van der Waals surface area contributed by atoms with Gasteiger partial charge in [-0.3, -0.25) is 0 Å². The lowest BCUT2D eigenvalue weighted by atomic mass is 10.1. The van der Waals surface area contributed by atoms with Gasteiger partial charge in [-0.2, -0.15) is 0 Å². The van der Waals surface area contributed by atoms with Crippen LogP contribution in [0.5, 0.6) is 5.75 Å². The predicted molar refractivity (Wildman–Crippen MR) is 77.3 cm³/mol. The minimum atomic E-state index is -1.05. The number of rotatable bonds is 5. The number of nitrogens with one attached hydrogen (secondary N) is 1. The zero-order valence-electron chi connectivity index (χ0n) is 11.6. The SMILES string of the molecule is NCC1CCN(C(=O)Nc2cccc(OCC(=O)O)c2)C1. The highest BCUT2D eigenvalue weighted by Gasteiger charge is 2.25. The summed E-state index contributed by atoms with van der Waals surface area (Å²) >= 11 is 0. The van der Waals surface area contributed by atoms with Gasteiger partial charge in [-0.15, -0.1) is 0 Å². The van der Waals surface area contributed by atoms with Crippen molar-refractivity contribution in [2.75, 3.05) is 31.6 Å². The average Bonchev–Trinajstić information content (AvgIpc) is 2.94. The van der Waals surface area contributed by atoms with Crippen molar-refractivity contribution in [3.8, 4) is 5.75 Å². The monoisotopic (exact) mass is 293 g/mol. The Balaban J connectivity index is 1.91. The molecule has 0 radical (unpaired) electrons. The van der Waals surface area contributed by atoms with Crippen LogP contribution in [0.1, 0.15) is 6.42 Å². The van der Waals surface area contributed by atoms with Crippen LogP contribution < -0.4 is 15.8 Å². The molecule has 0 saturated carbocycles. The number of carboxylic acid groups (broad SMARTS) is 1. The number of hydrogen-bond acceptors (Lipinski definition) is 4. The summed E-state index contributed by atoms with van der Waals surface area (Å²) in [4.78, 5) is 24.3. The highest BCUT2D eigenvalue weighted by molar-refractivity contribution is 5.89. The van der Waals surface area contributed by atoms with E-state index in [0.29, 0.717) is 37.0 Å². The topological polar surface area (TPSA) is 105 Å². The zero-order chi connectivity index (χ0) is 15.2. The van der Waals surface area contributed by atoms with E-state index in [1.165, 1.54) is 0 Å². The van der Waals surface area contributed by atoms with Gasteiger partial charge in [0, 0.05) is 24.8 Å². The Labute approximate surface area is 122 Å². The fraction of sp³-hybridized carbons (Fsp3) is 0.429. The molecular weight excluding hydrogens is 274 g/mol. The van der Waals surface area contributed by atoms with Crippen LogP contribution in [0.15, 0.2) is 24.3 Å². The van der Waals surface area contributed by atoms with Crippen molar-refractivity contribution in [2.45, 2.75) is 6.42 Å². The maximum absolute atomic E-state index is 12.1. The Bertz CT molecular complexity index is 521. The molecule has 2 amide bonds. The Morgan fingerprint density at radius 1 is 1.48 bits per heavy atom. The Hall–Kier alpha value is -2.28. The highest BCUT2D eigenvalue weighted by atomic mass is 16.5. The van der Waals surface area contributed by atoms with Crippen LogP contribution in [0.25, 0.3) is 0 Å². The van der Waals surface area contributed by atoms with Gasteiger partial charge in [0.15, 0.2) is 6.61 Å². The van der Waals surface area contributed by atoms with Gasteiger partial charge < -0.3 is 25.8 Å². The van der Waals surface area contributed by atoms with Gasteiger partial charge in [0.05, 0.1) is 0 Å². The molecule has 1 aromatic rings. The minimum Gasteiger partial charge on any atom is -0.482 e. The number of carbonyl (C=O) groups excluding carboxylic acids is 1. The first-order chi connectivity index (χ1) is 10.1. The second kappa shape index (κ2) is 6.94. The molecule has 21 heavy (non-hydrogen) atoms. The van der Waals surface area contributed by atoms with Crippen LogP contribution in [0, 0.1) is 5.92 Å². The van der Waals surface area contributed by atoms with E-state index in [-0.39, 0.29) is 6.03 Å². The smallest absolute Gasteiger partial charge is 0.341 e. The maximum atomic E-state index is 12.1. The second-order valence-electron chi connectivity index (χ2n) is 4.98. The number of carbonyl (C=O) groups is 2. The van der Waals surface area contributed by atoms with Crippen molar-refractivity contribution in [1.29, 1.82) is 0 Å². The lowest BCUT2D eigenvalue weighted by Gasteiger charge is -2.17. The number of likely N-dealkylation sites (tertiary alicyclic amines) is 1. The van der Waals surface area contributed by atoms with E-state index in [1.807, 2.05) is 0 Å². The Morgan fingerprint density at radius 2 is 2.29 bits per heavy atom. The molecule has 1 aliphatic rings. The summed E-state index contributed by atoms with van der Waals surface area (Å²) in [7, 11) is 0. The van der Waals surface area contributed by atoms with Crippen LogP contribution in [-0.4, -0.2) is 48.2 Å². The number of carboxylic acids is 1. The average molecular weight is 293 g/mol. The number of hydrogen-bond donors (Lipinski definition) is 3. The van der Waals surface area contributed by atoms with E-state index < -0.39 is 12.6 Å². The zero-order valence-corrected chi connectivity index (χ0v) is 11.6. The molecule has 1 atom stereocenters. The number of anilines is 1. The molecular formula is C14H19N3O4. The van der Waals surface area contributed by atoms with E-state index in [0.717, 1.165) is 6.42 Å². The Morgan fingerprint density at radius 3 is 2.95 bits per heavy atom. The largest absolute Gasteiger partial charge is 0.482 e. The number of amides is 2. The summed E-state index contributed by atoms with van der Waals surface area (Å²) in [5.41, 5.74) is 6.17. The molecule has 1 saturated heterocycles. The van der Waals surface area contributed by atoms with Crippen LogP contribution in [0.3, 0.4) is 0 Å². The molecule has 1 heterocycles. The molecule has 0 aliphatic carbocycles. The van der Waals surface area contributed by atoms with Gasteiger partial charge in [0.25, 0.3) is 0 Å². The molecule has 7 heteroatoms. The number of aliphatic carboxylic acids is 1. The van der Waals surface area contributed by atoms with Gasteiger partial charge in [-0.25, -0.2) is 9.59 Å². The summed E-state index contributed by atoms with van der Waals surface area (Å²) < 4.78 is 5.07. The predicted octanol–water partition coefficient (Wildman–Crippen LogP) is 0.962. The first kappa shape index (κ1) is 15.1. The number of nitrogens with two attached hydrogens (primary N) is 1. The molecule has 4 N–H and O–H groups in total. The number of benzene rings is 1. The van der Waals surface area contributed by atoms with E-state index in [2.05, 4.69) is 5.32 Å². The van der Waals surface area contributed by atoms with Crippen LogP contribution in [0.2, 0.25) is 0 Å². The van der Waals surface area contributed by atoms with Gasteiger partial charge in [-0.1, -0.05) is 6.07 Å². The summed E-state index contributed by atoms with van der Waals surface area (Å²) in [6, 6.07) is 6.47. The van der Waals surface area contributed by atoms with E-state index >= 15 is 0 Å². The van der Waals surface area contributed by atoms with E-state index in [1.54, 1.807) is 29.2 Å². The molecule has 1 aromatic carbocycles. The van der Waals surface area contributed by atoms with Gasteiger partial charge in [-0.05, 0) is 31.0 Å². The summed E-state index contributed by atoms with van der Waals surface area (Å²) in [5.74, 6) is -0.285. The van der Waals surface area contributed by atoms with E-state index in [4.69, 9.17) is 15.6 Å². The first-order valence-corrected chi connectivity index (χ1v) is 6.79. The van der Waals surface area contributed by atoms with Crippen molar-refractivity contribution in [3.05, 3.63) is 24.3 Å². The van der Waals surface area contributed by atoms with Crippen molar-refractivity contribution < 1.29 is 19.4 Å². The molecule has 1 fully saturated rings. The molecule has 0 spiro atoms. The lowest BCUT2D eigenvalue weighted by Crippen LogP contribution is -2.33. The molecule has 1 unspecified atom stereocenters. The van der Waals surface area contributed by atoms with Gasteiger partial charge in [0.2, 0.25) is 0 Å². The molecule has 2 rings (SSSR count). The summed E-state index contributed by atoms with van der Waals surface area (Å²) in [6.07, 6.45) is 0.922. The quantitative estimate of drug-likeness (QED) is 0.750. The lowest BCUT2D eigenvalue weighted by molar-refractivity contribution is -0.139.